The lowest BCUT2D eigenvalue weighted by Gasteiger charge is -2.47. The van der Waals surface area contributed by atoms with Crippen LogP contribution in [0.4, 0.5) is 0 Å². The minimum Gasteiger partial charge on any atom is -0.383 e. The van der Waals surface area contributed by atoms with Gasteiger partial charge in [-0.1, -0.05) is 20.3 Å². The summed E-state index contributed by atoms with van der Waals surface area (Å²) in [6.07, 6.45) is 1.25. The highest BCUT2D eigenvalue weighted by atomic mass is 16.5. The highest BCUT2D eigenvalue weighted by Crippen LogP contribution is 2.22. The van der Waals surface area contributed by atoms with Gasteiger partial charge in [-0.2, -0.15) is 0 Å². The van der Waals surface area contributed by atoms with Crippen LogP contribution in [-0.2, 0) is 4.74 Å². The fourth-order valence-electron chi connectivity index (χ4n) is 2.30. The average molecular weight is 228 g/mol. The molecule has 1 rings (SSSR count). The standard InChI is InChI=1S/C13H28N2O/c1-6-11(2)12-9-15(7-8-16-5)13(3,4)10-14-12/h11-12,14H,6-10H2,1-5H3. The van der Waals surface area contributed by atoms with E-state index in [0.29, 0.717) is 6.04 Å². The third kappa shape index (κ3) is 3.44. The summed E-state index contributed by atoms with van der Waals surface area (Å²) in [5.74, 6) is 0.751. The molecule has 0 aliphatic carbocycles. The predicted octanol–water partition coefficient (Wildman–Crippen LogP) is 1.73. The minimum absolute atomic E-state index is 0.252. The van der Waals surface area contributed by atoms with Crippen molar-refractivity contribution in [1.29, 1.82) is 0 Å². The van der Waals surface area contributed by atoms with Crippen LogP contribution in [0.3, 0.4) is 0 Å². The fraction of sp³-hybridized carbons (Fsp3) is 1.00. The second kappa shape index (κ2) is 5.99. The molecule has 16 heavy (non-hydrogen) atoms. The van der Waals surface area contributed by atoms with Crippen LogP contribution in [0.15, 0.2) is 0 Å². The maximum atomic E-state index is 5.20. The lowest BCUT2D eigenvalue weighted by molar-refractivity contribution is 0.0297. The molecule has 2 atom stereocenters. The van der Waals surface area contributed by atoms with E-state index >= 15 is 0 Å². The lowest BCUT2D eigenvalue weighted by Crippen LogP contribution is -2.63. The van der Waals surface area contributed by atoms with Gasteiger partial charge >= 0.3 is 0 Å². The quantitative estimate of drug-likeness (QED) is 0.775. The van der Waals surface area contributed by atoms with Crippen molar-refractivity contribution in [1.82, 2.24) is 10.2 Å². The minimum atomic E-state index is 0.252. The number of methoxy groups -OCH3 is 1. The van der Waals surface area contributed by atoms with E-state index < -0.39 is 0 Å². The molecule has 1 N–H and O–H groups in total. The van der Waals surface area contributed by atoms with Gasteiger partial charge in [0.25, 0.3) is 0 Å². The van der Waals surface area contributed by atoms with Gasteiger partial charge in [-0.15, -0.1) is 0 Å². The van der Waals surface area contributed by atoms with Gasteiger partial charge in [0.2, 0.25) is 0 Å². The first kappa shape index (κ1) is 13.9. The van der Waals surface area contributed by atoms with Crippen molar-refractivity contribution in [3.8, 4) is 0 Å². The molecule has 1 aliphatic rings. The van der Waals surface area contributed by atoms with Crippen LogP contribution in [0.25, 0.3) is 0 Å². The Kier molecular flexibility index (Phi) is 5.22. The number of ether oxygens (including phenoxy) is 1. The van der Waals surface area contributed by atoms with Crippen LogP contribution < -0.4 is 5.32 Å². The molecule has 1 fully saturated rings. The van der Waals surface area contributed by atoms with Gasteiger partial charge in [0.1, 0.15) is 0 Å². The van der Waals surface area contributed by atoms with Crippen LogP contribution in [0, 0.1) is 5.92 Å². The third-order valence-corrected chi connectivity index (χ3v) is 3.97. The summed E-state index contributed by atoms with van der Waals surface area (Å²) < 4.78 is 5.20. The molecule has 3 nitrogen and oxygen atoms in total. The second-order valence-electron chi connectivity index (χ2n) is 5.62. The third-order valence-electron chi connectivity index (χ3n) is 3.97. The van der Waals surface area contributed by atoms with E-state index in [-0.39, 0.29) is 5.54 Å². The molecule has 1 saturated heterocycles. The molecule has 1 aliphatic heterocycles. The summed E-state index contributed by atoms with van der Waals surface area (Å²) in [6.45, 7) is 13.3. The molecule has 0 aromatic rings. The summed E-state index contributed by atoms with van der Waals surface area (Å²) in [4.78, 5) is 2.56. The molecule has 0 aromatic carbocycles. The maximum Gasteiger partial charge on any atom is 0.0589 e. The Hall–Kier alpha value is -0.120. The van der Waals surface area contributed by atoms with Gasteiger partial charge < -0.3 is 10.1 Å². The van der Waals surface area contributed by atoms with Crippen LogP contribution in [0.5, 0.6) is 0 Å². The molecule has 3 heteroatoms. The molecule has 0 bridgehead atoms. The lowest BCUT2D eigenvalue weighted by atomic mass is 9.91. The Morgan fingerprint density at radius 2 is 2.19 bits per heavy atom. The number of rotatable bonds is 5. The van der Waals surface area contributed by atoms with Crippen LogP contribution in [0.2, 0.25) is 0 Å². The largest absolute Gasteiger partial charge is 0.383 e. The Morgan fingerprint density at radius 1 is 1.50 bits per heavy atom. The van der Waals surface area contributed by atoms with E-state index in [0.717, 1.165) is 32.2 Å². The van der Waals surface area contributed by atoms with Crippen molar-refractivity contribution in [2.24, 2.45) is 5.92 Å². The van der Waals surface area contributed by atoms with Crippen molar-refractivity contribution < 1.29 is 4.74 Å². The molecule has 0 saturated carbocycles. The molecule has 1 heterocycles. The van der Waals surface area contributed by atoms with Crippen molar-refractivity contribution in [2.75, 3.05) is 33.4 Å². The van der Waals surface area contributed by atoms with Crippen LogP contribution in [0.1, 0.15) is 34.1 Å². The summed E-state index contributed by atoms with van der Waals surface area (Å²) in [5.41, 5.74) is 0.252. The highest BCUT2D eigenvalue weighted by Gasteiger charge is 2.34. The zero-order valence-corrected chi connectivity index (χ0v) is 11.5. The molecule has 0 radical (unpaired) electrons. The van der Waals surface area contributed by atoms with Crippen molar-refractivity contribution >= 4 is 0 Å². The van der Waals surface area contributed by atoms with E-state index in [2.05, 4.69) is 37.9 Å². The summed E-state index contributed by atoms with van der Waals surface area (Å²) >= 11 is 0. The smallest absolute Gasteiger partial charge is 0.0589 e. The first-order chi connectivity index (χ1) is 7.51. The predicted molar refractivity (Wildman–Crippen MR) is 68.8 cm³/mol. The van der Waals surface area contributed by atoms with E-state index in [1.165, 1.54) is 6.42 Å². The van der Waals surface area contributed by atoms with Crippen LogP contribution >= 0.6 is 0 Å². The molecular formula is C13H28N2O. The van der Waals surface area contributed by atoms with Crippen LogP contribution in [-0.4, -0.2) is 49.8 Å². The number of piperazine rings is 1. The molecular weight excluding hydrogens is 200 g/mol. The average Bonchev–Trinajstić information content (AvgIpc) is 2.26. The second-order valence-corrected chi connectivity index (χ2v) is 5.62. The van der Waals surface area contributed by atoms with Crippen molar-refractivity contribution in [3.63, 3.8) is 0 Å². The summed E-state index contributed by atoms with van der Waals surface area (Å²) in [6, 6.07) is 0.634. The Morgan fingerprint density at radius 3 is 2.75 bits per heavy atom. The first-order valence-corrected chi connectivity index (χ1v) is 6.48. The number of nitrogens with one attached hydrogen (secondary N) is 1. The highest BCUT2D eigenvalue weighted by molar-refractivity contribution is 4.94. The van der Waals surface area contributed by atoms with E-state index in [1.807, 2.05) is 0 Å². The molecule has 0 aromatic heterocycles. The number of hydrogen-bond acceptors (Lipinski definition) is 3. The zero-order valence-electron chi connectivity index (χ0n) is 11.5. The molecule has 96 valence electrons. The topological polar surface area (TPSA) is 24.5 Å². The first-order valence-electron chi connectivity index (χ1n) is 6.48. The van der Waals surface area contributed by atoms with Crippen molar-refractivity contribution in [3.05, 3.63) is 0 Å². The molecule has 0 amide bonds. The number of hydrogen-bond donors (Lipinski definition) is 1. The fourth-order valence-corrected chi connectivity index (χ4v) is 2.30. The van der Waals surface area contributed by atoms with E-state index in [9.17, 15) is 0 Å². The molecule has 2 unspecified atom stereocenters. The summed E-state index contributed by atoms with van der Waals surface area (Å²) in [7, 11) is 1.78. The maximum absolute atomic E-state index is 5.20. The van der Waals surface area contributed by atoms with Gasteiger partial charge in [-0.05, 0) is 19.8 Å². The van der Waals surface area contributed by atoms with Gasteiger partial charge in [-0.25, -0.2) is 0 Å². The normalized spacial score (nSPS) is 27.9. The Bertz CT molecular complexity index is 206. The van der Waals surface area contributed by atoms with Crippen molar-refractivity contribution in [2.45, 2.75) is 45.7 Å². The van der Waals surface area contributed by atoms with Gasteiger partial charge in [0.05, 0.1) is 6.61 Å². The van der Waals surface area contributed by atoms with Gasteiger partial charge in [-0.3, -0.25) is 4.90 Å². The number of nitrogens with zero attached hydrogens (tertiary/aromatic N) is 1. The monoisotopic (exact) mass is 228 g/mol. The summed E-state index contributed by atoms with van der Waals surface area (Å²) in [5, 5.41) is 3.68. The zero-order chi connectivity index (χ0) is 12.2. The molecule has 0 spiro atoms. The van der Waals surface area contributed by atoms with E-state index in [1.54, 1.807) is 7.11 Å². The van der Waals surface area contributed by atoms with Gasteiger partial charge in [0, 0.05) is 38.3 Å². The SMILES string of the molecule is CCC(C)C1CN(CCOC)C(C)(C)CN1. The Balaban J connectivity index is 2.55. The van der Waals surface area contributed by atoms with Gasteiger partial charge in [0.15, 0.2) is 0 Å². The van der Waals surface area contributed by atoms with E-state index in [4.69, 9.17) is 4.74 Å². The Labute approximate surface area is 101 Å².